The summed E-state index contributed by atoms with van der Waals surface area (Å²) < 4.78 is 18.5. The molecule has 1 fully saturated rings. The highest BCUT2D eigenvalue weighted by Gasteiger charge is 2.39. The van der Waals surface area contributed by atoms with E-state index in [1.165, 1.54) is 12.1 Å². The van der Waals surface area contributed by atoms with Gasteiger partial charge in [-0.15, -0.1) is 24.8 Å². The lowest BCUT2D eigenvalue weighted by Gasteiger charge is -2.35. The Kier molecular flexibility index (Phi) is 8.08. The molecule has 6 nitrogen and oxygen atoms in total. The van der Waals surface area contributed by atoms with E-state index in [9.17, 15) is 9.18 Å². The first kappa shape index (κ1) is 21.6. The fourth-order valence-corrected chi connectivity index (χ4v) is 3.09. The fourth-order valence-electron chi connectivity index (χ4n) is 3.09. The maximum atomic E-state index is 13.2. The van der Waals surface area contributed by atoms with Gasteiger partial charge < -0.3 is 20.4 Å². The number of carbonyl (C=O) groups is 1. The van der Waals surface area contributed by atoms with E-state index in [1.54, 1.807) is 13.2 Å². The van der Waals surface area contributed by atoms with Crippen LogP contribution in [-0.2, 0) is 16.1 Å². The number of aromatic amines is 1. The number of nitrogens with zero attached hydrogens (tertiary/aromatic N) is 1. The zero-order valence-electron chi connectivity index (χ0n) is 13.9. The van der Waals surface area contributed by atoms with Crippen molar-refractivity contribution < 1.29 is 13.9 Å². The molecule has 0 spiro atoms. The van der Waals surface area contributed by atoms with Gasteiger partial charge in [-0.25, -0.2) is 9.37 Å². The molecule has 0 radical (unpaired) electrons. The largest absolute Gasteiger partial charge is 0.384 e. The molecule has 1 aliphatic rings. The number of hydrogen-bond donors (Lipinski definition) is 3. The third-order valence-corrected chi connectivity index (χ3v) is 4.37. The highest BCUT2D eigenvalue weighted by molar-refractivity contribution is 5.85. The second-order valence-electron chi connectivity index (χ2n) is 5.99. The van der Waals surface area contributed by atoms with E-state index in [0.717, 1.165) is 25.9 Å². The van der Waals surface area contributed by atoms with Crippen molar-refractivity contribution in [2.45, 2.75) is 19.4 Å². The van der Waals surface area contributed by atoms with Gasteiger partial charge in [-0.1, -0.05) is 0 Å². The van der Waals surface area contributed by atoms with Crippen molar-refractivity contribution >= 4 is 41.8 Å². The van der Waals surface area contributed by atoms with Gasteiger partial charge in [0.15, 0.2) is 0 Å². The summed E-state index contributed by atoms with van der Waals surface area (Å²) in [7, 11) is 1.62. The van der Waals surface area contributed by atoms with Gasteiger partial charge in [-0.2, -0.15) is 0 Å². The van der Waals surface area contributed by atoms with Gasteiger partial charge in [-0.05, 0) is 44.1 Å². The van der Waals surface area contributed by atoms with E-state index in [1.807, 2.05) is 0 Å². The van der Waals surface area contributed by atoms with Crippen LogP contribution in [0.5, 0.6) is 0 Å². The van der Waals surface area contributed by atoms with E-state index in [0.29, 0.717) is 23.5 Å². The van der Waals surface area contributed by atoms with Crippen LogP contribution in [0.2, 0.25) is 0 Å². The zero-order valence-corrected chi connectivity index (χ0v) is 15.6. The van der Waals surface area contributed by atoms with Crippen molar-refractivity contribution in [3.8, 4) is 0 Å². The normalized spacial score (nSPS) is 15.9. The summed E-state index contributed by atoms with van der Waals surface area (Å²) in [6, 6.07) is 4.38. The lowest BCUT2D eigenvalue weighted by molar-refractivity contribution is -0.136. The molecule has 0 atom stereocenters. The van der Waals surface area contributed by atoms with E-state index in [-0.39, 0.29) is 43.1 Å². The topological polar surface area (TPSA) is 79.0 Å². The predicted molar refractivity (Wildman–Crippen MR) is 98.8 cm³/mol. The number of piperidine rings is 1. The monoisotopic (exact) mass is 392 g/mol. The quantitative estimate of drug-likeness (QED) is 0.728. The molecule has 0 bridgehead atoms. The van der Waals surface area contributed by atoms with Crippen LogP contribution in [0.25, 0.3) is 11.0 Å². The van der Waals surface area contributed by atoms with Gasteiger partial charge >= 0.3 is 0 Å². The Morgan fingerprint density at radius 1 is 1.36 bits per heavy atom. The number of rotatable bonds is 5. The lowest BCUT2D eigenvalue weighted by atomic mass is 9.78. The zero-order chi connectivity index (χ0) is 16.3. The molecule has 1 saturated heterocycles. The van der Waals surface area contributed by atoms with Gasteiger partial charge in [0.2, 0.25) is 5.91 Å². The number of nitrogens with one attached hydrogen (secondary N) is 3. The number of carbonyl (C=O) groups excluding carboxylic acids is 1. The van der Waals surface area contributed by atoms with Crippen LogP contribution in [0.3, 0.4) is 0 Å². The Labute approximate surface area is 158 Å². The molecular formula is C16H23Cl2FN4O2. The van der Waals surface area contributed by atoms with Gasteiger partial charge in [0.1, 0.15) is 11.6 Å². The summed E-state index contributed by atoms with van der Waals surface area (Å²) in [5, 5.41) is 6.20. The number of fused-ring (bicyclic) bond motifs is 1. The fraction of sp³-hybridized carbons (Fsp3) is 0.500. The van der Waals surface area contributed by atoms with Gasteiger partial charge in [0.05, 0.1) is 29.6 Å². The van der Waals surface area contributed by atoms with E-state index < -0.39 is 5.41 Å². The Balaban J connectivity index is 0.00000156. The van der Waals surface area contributed by atoms with Crippen LogP contribution in [0.1, 0.15) is 18.7 Å². The van der Waals surface area contributed by atoms with Crippen molar-refractivity contribution in [3.05, 3.63) is 29.8 Å². The van der Waals surface area contributed by atoms with Crippen LogP contribution in [-0.4, -0.2) is 42.7 Å². The molecule has 3 rings (SSSR count). The molecule has 0 aliphatic carbocycles. The standard InChI is InChI=1S/C16H21FN4O2.2ClH/c1-23-10-16(4-6-18-7-5-16)15(22)19-9-14-20-12-3-2-11(17)8-13(12)21-14;;/h2-3,8,18H,4-7,9-10H2,1H3,(H,19,22)(H,20,21);2*1H. The molecule has 0 unspecified atom stereocenters. The highest BCUT2D eigenvalue weighted by atomic mass is 35.5. The van der Waals surface area contributed by atoms with Crippen LogP contribution >= 0.6 is 24.8 Å². The van der Waals surface area contributed by atoms with Gasteiger partial charge in [-0.3, -0.25) is 4.79 Å². The molecule has 1 aromatic carbocycles. The molecule has 9 heteroatoms. The first-order chi connectivity index (χ1) is 11.1. The number of H-pyrrole nitrogens is 1. The van der Waals surface area contributed by atoms with Crippen LogP contribution in [0, 0.1) is 11.2 Å². The molecule has 0 saturated carbocycles. The molecular weight excluding hydrogens is 370 g/mol. The Bertz CT molecular complexity index is 699. The summed E-state index contributed by atoms with van der Waals surface area (Å²) in [6.45, 7) is 2.31. The summed E-state index contributed by atoms with van der Waals surface area (Å²) in [6.07, 6.45) is 1.50. The summed E-state index contributed by atoms with van der Waals surface area (Å²) >= 11 is 0. The lowest BCUT2D eigenvalue weighted by Crippen LogP contribution is -2.50. The molecule has 1 amide bonds. The van der Waals surface area contributed by atoms with Crippen LogP contribution in [0.15, 0.2) is 18.2 Å². The smallest absolute Gasteiger partial charge is 0.229 e. The molecule has 140 valence electrons. The molecule has 2 aromatic rings. The number of halogens is 3. The van der Waals surface area contributed by atoms with E-state index in [4.69, 9.17) is 4.74 Å². The maximum Gasteiger partial charge on any atom is 0.229 e. The number of amides is 1. The van der Waals surface area contributed by atoms with Crippen molar-refractivity contribution in [1.29, 1.82) is 0 Å². The minimum Gasteiger partial charge on any atom is -0.384 e. The minimum absolute atomic E-state index is 0. The highest BCUT2D eigenvalue weighted by Crippen LogP contribution is 2.29. The van der Waals surface area contributed by atoms with Crippen LogP contribution < -0.4 is 10.6 Å². The van der Waals surface area contributed by atoms with Crippen molar-refractivity contribution in [2.75, 3.05) is 26.8 Å². The number of aromatic nitrogens is 2. The Morgan fingerprint density at radius 3 is 2.76 bits per heavy atom. The molecule has 3 N–H and O–H groups in total. The molecule has 1 aliphatic heterocycles. The van der Waals surface area contributed by atoms with Crippen molar-refractivity contribution in [3.63, 3.8) is 0 Å². The summed E-state index contributed by atoms with van der Waals surface area (Å²) in [5.41, 5.74) is 0.824. The number of imidazole rings is 1. The SMILES string of the molecule is COCC1(C(=O)NCc2nc3ccc(F)cc3[nH]2)CCNCC1.Cl.Cl. The third kappa shape index (κ3) is 4.82. The number of ether oxygens (including phenoxy) is 1. The number of methoxy groups -OCH3 is 1. The van der Waals surface area contributed by atoms with Crippen molar-refractivity contribution in [2.24, 2.45) is 5.41 Å². The van der Waals surface area contributed by atoms with Gasteiger partial charge in [0.25, 0.3) is 0 Å². The van der Waals surface area contributed by atoms with E-state index in [2.05, 4.69) is 20.6 Å². The second kappa shape index (κ2) is 9.33. The maximum absolute atomic E-state index is 13.2. The number of hydrogen-bond acceptors (Lipinski definition) is 4. The van der Waals surface area contributed by atoms with Crippen molar-refractivity contribution in [1.82, 2.24) is 20.6 Å². The first-order valence-electron chi connectivity index (χ1n) is 7.75. The Hall–Kier alpha value is -1.41. The third-order valence-electron chi connectivity index (χ3n) is 4.37. The molecule has 1 aromatic heterocycles. The predicted octanol–water partition coefficient (Wildman–Crippen LogP) is 2.18. The summed E-state index contributed by atoms with van der Waals surface area (Å²) in [4.78, 5) is 20.0. The first-order valence-corrected chi connectivity index (χ1v) is 7.75. The van der Waals surface area contributed by atoms with E-state index >= 15 is 0 Å². The minimum atomic E-state index is -0.488. The average Bonchev–Trinajstić information content (AvgIpc) is 2.95. The van der Waals surface area contributed by atoms with Gasteiger partial charge in [0, 0.05) is 7.11 Å². The Morgan fingerprint density at radius 2 is 2.08 bits per heavy atom. The molecule has 25 heavy (non-hydrogen) atoms. The second-order valence-corrected chi connectivity index (χ2v) is 5.99. The summed E-state index contributed by atoms with van der Waals surface area (Å²) in [5.74, 6) is 0.276. The average molecular weight is 393 g/mol. The van der Waals surface area contributed by atoms with Crippen LogP contribution in [0.4, 0.5) is 4.39 Å². The molecule has 2 heterocycles. The number of benzene rings is 1.